The van der Waals surface area contributed by atoms with E-state index in [1.54, 1.807) is 24.3 Å². The molecule has 0 radical (unpaired) electrons. The molecular formula is C25H29ClN2O3. The summed E-state index contributed by atoms with van der Waals surface area (Å²) in [6.07, 6.45) is 0.254. The number of carbonyl (C=O) groups is 2. The molecule has 1 heterocycles. The minimum Gasteiger partial charge on any atom is -0.503 e. The molecule has 5 nitrogen and oxygen atoms in total. The largest absolute Gasteiger partial charge is 0.503 e. The summed E-state index contributed by atoms with van der Waals surface area (Å²) in [6, 6.07) is 14.0. The van der Waals surface area contributed by atoms with Crippen LogP contribution >= 0.6 is 11.6 Å². The van der Waals surface area contributed by atoms with Gasteiger partial charge in [0.2, 0.25) is 0 Å². The quantitative estimate of drug-likeness (QED) is 0.571. The van der Waals surface area contributed by atoms with Gasteiger partial charge in [-0.15, -0.1) is 0 Å². The number of aliphatic hydroxyl groups is 1. The van der Waals surface area contributed by atoms with Gasteiger partial charge in [0.1, 0.15) is 0 Å². The Balaban J connectivity index is 2.11. The van der Waals surface area contributed by atoms with E-state index in [4.69, 9.17) is 11.6 Å². The van der Waals surface area contributed by atoms with Crippen LogP contribution in [0.15, 0.2) is 59.9 Å². The van der Waals surface area contributed by atoms with E-state index in [0.29, 0.717) is 10.7 Å². The molecule has 0 saturated carbocycles. The molecule has 0 fully saturated rings. The summed E-state index contributed by atoms with van der Waals surface area (Å²) in [4.78, 5) is 29.8. The molecule has 2 aromatic carbocycles. The fourth-order valence-electron chi connectivity index (χ4n) is 4.03. The molecule has 31 heavy (non-hydrogen) atoms. The zero-order valence-electron chi connectivity index (χ0n) is 18.4. The topological polar surface area (TPSA) is 60.9 Å². The lowest BCUT2D eigenvalue weighted by atomic mass is 9.92. The second-order valence-corrected chi connectivity index (χ2v) is 8.54. The molecular weight excluding hydrogens is 412 g/mol. The first-order chi connectivity index (χ1) is 14.8. The van der Waals surface area contributed by atoms with Crippen molar-refractivity contribution in [3.8, 4) is 0 Å². The Morgan fingerprint density at radius 3 is 2.32 bits per heavy atom. The van der Waals surface area contributed by atoms with E-state index in [2.05, 4.69) is 18.7 Å². The number of Topliss-reactive ketones (excluding diaryl/α,β-unsaturated/α-hetero) is 1. The van der Waals surface area contributed by atoms with Crippen LogP contribution in [0.1, 0.15) is 45.7 Å². The molecule has 1 unspecified atom stereocenters. The summed E-state index contributed by atoms with van der Waals surface area (Å²) in [5.74, 6) is -1.19. The lowest BCUT2D eigenvalue weighted by Gasteiger charge is -2.28. The lowest BCUT2D eigenvalue weighted by molar-refractivity contribution is -0.118. The maximum absolute atomic E-state index is 13.1. The summed E-state index contributed by atoms with van der Waals surface area (Å²) in [5.41, 5.74) is 2.51. The normalized spacial score (nSPS) is 16.4. The summed E-state index contributed by atoms with van der Waals surface area (Å²) in [7, 11) is 0. The SMILES string of the molecule is CCN(CC)c1ccc(C2C(C(=O)CC(C)C)=C(O)C(=O)N2c2cccc(Cl)c2)cc1. The van der Waals surface area contributed by atoms with Crippen LogP contribution in [0, 0.1) is 5.92 Å². The monoisotopic (exact) mass is 440 g/mol. The van der Waals surface area contributed by atoms with Gasteiger partial charge >= 0.3 is 0 Å². The minimum atomic E-state index is -0.706. The van der Waals surface area contributed by atoms with Crippen molar-refractivity contribution < 1.29 is 14.7 Å². The van der Waals surface area contributed by atoms with Gasteiger partial charge in [0.25, 0.3) is 5.91 Å². The Morgan fingerprint density at radius 2 is 1.77 bits per heavy atom. The molecule has 0 saturated heterocycles. The fourth-order valence-corrected chi connectivity index (χ4v) is 4.22. The van der Waals surface area contributed by atoms with E-state index < -0.39 is 17.7 Å². The number of aliphatic hydroxyl groups excluding tert-OH is 1. The fraction of sp³-hybridized carbons (Fsp3) is 0.360. The molecule has 0 aliphatic carbocycles. The van der Waals surface area contributed by atoms with Gasteiger partial charge in [-0.1, -0.05) is 43.6 Å². The third kappa shape index (κ3) is 4.62. The number of benzene rings is 2. The summed E-state index contributed by atoms with van der Waals surface area (Å²) >= 11 is 6.17. The highest BCUT2D eigenvalue weighted by Crippen LogP contribution is 2.42. The van der Waals surface area contributed by atoms with Crippen molar-refractivity contribution >= 4 is 34.7 Å². The smallest absolute Gasteiger partial charge is 0.294 e. The molecule has 1 aliphatic rings. The molecule has 6 heteroatoms. The van der Waals surface area contributed by atoms with Gasteiger partial charge in [-0.3, -0.25) is 14.5 Å². The lowest BCUT2D eigenvalue weighted by Crippen LogP contribution is -2.31. The second-order valence-electron chi connectivity index (χ2n) is 8.10. The molecule has 0 spiro atoms. The second kappa shape index (κ2) is 9.56. The third-order valence-electron chi connectivity index (χ3n) is 5.53. The van der Waals surface area contributed by atoms with Gasteiger partial charge in [0, 0.05) is 35.9 Å². The van der Waals surface area contributed by atoms with Crippen molar-refractivity contribution in [3.05, 3.63) is 70.4 Å². The summed E-state index contributed by atoms with van der Waals surface area (Å²) < 4.78 is 0. The summed E-state index contributed by atoms with van der Waals surface area (Å²) in [5, 5.41) is 11.2. The first-order valence-electron chi connectivity index (χ1n) is 10.7. The van der Waals surface area contributed by atoms with Crippen LogP contribution in [0.2, 0.25) is 5.02 Å². The molecule has 0 aromatic heterocycles. The number of halogens is 1. The summed E-state index contributed by atoms with van der Waals surface area (Å²) in [6.45, 7) is 9.83. The van der Waals surface area contributed by atoms with Crippen LogP contribution in [-0.4, -0.2) is 29.9 Å². The Kier molecular flexibility index (Phi) is 7.06. The van der Waals surface area contributed by atoms with Crippen LogP contribution in [0.4, 0.5) is 11.4 Å². The van der Waals surface area contributed by atoms with E-state index in [9.17, 15) is 14.7 Å². The molecule has 1 atom stereocenters. The average Bonchev–Trinajstić information content (AvgIpc) is 3.00. The standard InChI is InChI=1S/C25H29ClN2O3/c1-5-27(6-2)19-12-10-17(11-13-19)23-22(21(29)14-16(3)4)24(30)25(31)28(23)20-9-7-8-18(26)15-20/h7-13,15-16,23,30H,5-6,14H2,1-4H3. The molecule has 3 rings (SSSR count). The first-order valence-corrected chi connectivity index (χ1v) is 11.1. The van der Waals surface area contributed by atoms with Crippen molar-refractivity contribution in [1.82, 2.24) is 0 Å². The molecule has 1 amide bonds. The van der Waals surface area contributed by atoms with E-state index in [1.807, 2.05) is 38.1 Å². The van der Waals surface area contributed by atoms with Gasteiger partial charge in [-0.05, 0) is 55.7 Å². The molecule has 1 aliphatic heterocycles. The molecule has 0 bridgehead atoms. The number of nitrogens with zero attached hydrogens (tertiary/aromatic N) is 2. The van der Waals surface area contributed by atoms with E-state index >= 15 is 0 Å². The highest BCUT2D eigenvalue weighted by molar-refractivity contribution is 6.31. The number of rotatable bonds is 8. The zero-order valence-corrected chi connectivity index (χ0v) is 19.2. The van der Waals surface area contributed by atoms with Crippen LogP contribution in [0.5, 0.6) is 0 Å². The maximum Gasteiger partial charge on any atom is 0.294 e. The predicted octanol–water partition coefficient (Wildman–Crippen LogP) is 5.70. The van der Waals surface area contributed by atoms with E-state index in [-0.39, 0.29) is 23.7 Å². The van der Waals surface area contributed by atoms with Gasteiger partial charge in [0.15, 0.2) is 11.5 Å². The number of anilines is 2. The Labute approximate surface area is 188 Å². The van der Waals surface area contributed by atoms with Crippen LogP contribution in [-0.2, 0) is 9.59 Å². The van der Waals surface area contributed by atoms with Crippen LogP contribution in [0.25, 0.3) is 0 Å². The number of ketones is 1. The molecule has 1 N–H and O–H groups in total. The highest BCUT2D eigenvalue weighted by atomic mass is 35.5. The Bertz CT molecular complexity index is 994. The van der Waals surface area contributed by atoms with E-state index in [1.165, 1.54) is 4.90 Å². The third-order valence-corrected chi connectivity index (χ3v) is 5.76. The highest BCUT2D eigenvalue weighted by Gasteiger charge is 2.44. The van der Waals surface area contributed by atoms with Crippen molar-refractivity contribution in [2.45, 2.75) is 40.2 Å². The predicted molar refractivity (Wildman–Crippen MR) is 126 cm³/mol. The zero-order chi connectivity index (χ0) is 22.7. The Hall–Kier alpha value is -2.79. The van der Waals surface area contributed by atoms with Crippen molar-refractivity contribution in [3.63, 3.8) is 0 Å². The van der Waals surface area contributed by atoms with Gasteiger partial charge in [0.05, 0.1) is 11.6 Å². The maximum atomic E-state index is 13.1. The van der Waals surface area contributed by atoms with Gasteiger partial charge < -0.3 is 10.0 Å². The van der Waals surface area contributed by atoms with Crippen molar-refractivity contribution in [1.29, 1.82) is 0 Å². The number of carbonyl (C=O) groups excluding carboxylic acids is 2. The van der Waals surface area contributed by atoms with Gasteiger partial charge in [-0.2, -0.15) is 0 Å². The Morgan fingerprint density at radius 1 is 1.13 bits per heavy atom. The number of hydrogen-bond donors (Lipinski definition) is 1. The van der Waals surface area contributed by atoms with E-state index in [0.717, 1.165) is 24.3 Å². The number of hydrogen-bond acceptors (Lipinski definition) is 4. The molecule has 2 aromatic rings. The van der Waals surface area contributed by atoms with Crippen molar-refractivity contribution in [2.24, 2.45) is 5.92 Å². The van der Waals surface area contributed by atoms with Crippen LogP contribution in [0.3, 0.4) is 0 Å². The van der Waals surface area contributed by atoms with Gasteiger partial charge in [-0.25, -0.2) is 0 Å². The molecule has 164 valence electrons. The number of amides is 1. The minimum absolute atomic E-state index is 0.105. The van der Waals surface area contributed by atoms with Crippen molar-refractivity contribution in [2.75, 3.05) is 22.9 Å². The average molecular weight is 441 g/mol. The van der Waals surface area contributed by atoms with Crippen LogP contribution < -0.4 is 9.80 Å². The first kappa shape index (κ1) is 22.9.